The van der Waals surface area contributed by atoms with E-state index in [4.69, 9.17) is 0 Å². The summed E-state index contributed by atoms with van der Waals surface area (Å²) in [4.78, 5) is 32.2. The predicted molar refractivity (Wildman–Crippen MR) is 94.0 cm³/mol. The van der Waals surface area contributed by atoms with Crippen LogP contribution in [0.5, 0.6) is 0 Å². The summed E-state index contributed by atoms with van der Waals surface area (Å²) in [5.41, 5.74) is 2.79. The fourth-order valence-electron chi connectivity index (χ4n) is 2.58. The van der Waals surface area contributed by atoms with Gasteiger partial charge < -0.3 is 20.5 Å². The van der Waals surface area contributed by atoms with E-state index in [1.165, 1.54) is 6.08 Å². The van der Waals surface area contributed by atoms with Crippen LogP contribution in [0.4, 0.5) is 11.4 Å². The van der Waals surface area contributed by atoms with Crippen molar-refractivity contribution in [2.75, 3.05) is 30.8 Å². The lowest BCUT2D eigenvalue weighted by atomic mass is 10.1. The quantitative estimate of drug-likeness (QED) is 0.721. The Bertz CT molecular complexity index is 824. The van der Waals surface area contributed by atoms with Gasteiger partial charge in [0, 0.05) is 43.8 Å². The molecule has 3 heterocycles. The molecular weight excluding hydrogens is 306 g/mol. The third-order valence-corrected chi connectivity index (χ3v) is 3.98. The van der Waals surface area contributed by atoms with E-state index in [1.807, 2.05) is 19.2 Å². The van der Waals surface area contributed by atoms with Crippen LogP contribution in [0.3, 0.4) is 0 Å². The molecule has 0 aliphatic carbocycles. The maximum absolute atomic E-state index is 12.0. The zero-order valence-corrected chi connectivity index (χ0v) is 13.4. The van der Waals surface area contributed by atoms with Crippen molar-refractivity contribution in [2.45, 2.75) is 6.04 Å². The van der Waals surface area contributed by atoms with Gasteiger partial charge in [-0.15, -0.1) is 0 Å². The Labute approximate surface area is 139 Å². The Balaban J connectivity index is 1.76. The lowest BCUT2D eigenvalue weighted by Gasteiger charge is -2.39. The summed E-state index contributed by atoms with van der Waals surface area (Å²) in [6.45, 7) is 4.58. The van der Waals surface area contributed by atoms with Crippen LogP contribution in [-0.4, -0.2) is 47.0 Å². The average Bonchev–Trinajstić information content (AvgIpc) is 2.58. The van der Waals surface area contributed by atoms with Crippen molar-refractivity contribution in [1.29, 1.82) is 0 Å². The Morgan fingerprint density at radius 1 is 1.46 bits per heavy atom. The van der Waals surface area contributed by atoms with E-state index in [2.05, 4.69) is 27.2 Å². The van der Waals surface area contributed by atoms with Crippen LogP contribution in [0.2, 0.25) is 0 Å². The Kier molecular flexibility index (Phi) is 4.33. The van der Waals surface area contributed by atoms with Crippen molar-refractivity contribution in [2.24, 2.45) is 0 Å². The molecule has 0 radical (unpaired) electrons. The molecule has 3 rings (SSSR count). The molecular formula is C17H19N5O2. The Morgan fingerprint density at radius 3 is 2.96 bits per heavy atom. The molecule has 3 N–H and O–H groups in total. The number of aromatic nitrogens is 2. The van der Waals surface area contributed by atoms with Gasteiger partial charge in [-0.25, -0.2) is 0 Å². The van der Waals surface area contributed by atoms with E-state index in [9.17, 15) is 9.59 Å². The molecule has 24 heavy (non-hydrogen) atoms. The van der Waals surface area contributed by atoms with Gasteiger partial charge in [-0.05, 0) is 24.3 Å². The number of H-pyrrole nitrogens is 1. The number of amides is 1. The first-order chi connectivity index (χ1) is 11.6. The second kappa shape index (κ2) is 6.57. The highest BCUT2D eigenvalue weighted by molar-refractivity contribution is 5.87. The summed E-state index contributed by atoms with van der Waals surface area (Å²) >= 11 is 0. The molecule has 1 aliphatic heterocycles. The van der Waals surface area contributed by atoms with Gasteiger partial charge in [0.2, 0.25) is 5.91 Å². The van der Waals surface area contributed by atoms with Gasteiger partial charge in [-0.1, -0.05) is 6.58 Å². The van der Waals surface area contributed by atoms with E-state index in [0.717, 1.165) is 16.9 Å². The second-order valence-electron chi connectivity index (χ2n) is 5.60. The molecule has 0 unspecified atom stereocenters. The number of carbonyl (C=O) groups excluding carboxylic acids is 1. The monoisotopic (exact) mass is 325 g/mol. The SMILES string of the molecule is C=CC(=O)N1CC(Nc2cc(-c3cc(NC)ccn3)c[nH]c2=O)C1. The molecule has 1 saturated heterocycles. The van der Waals surface area contributed by atoms with Gasteiger partial charge in [-0.2, -0.15) is 0 Å². The standard InChI is InChI=1S/C17H19N5O2/c1-3-16(23)22-9-13(10-22)21-15-6-11(8-20-17(15)24)14-7-12(18-2)4-5-19-14/h3-8,13,21H,1,9-10H2,2H3,(H,18,19)(H,20,24). The van der Waals surface area contributed by atoms with Gasteiger partial charge in [0.1, 0.15) is 5.69 Å². The Morgan fingerprint density at radius 2 is 2.25 bits per heavy atom. The maximum Gasteiger partial charge on any atom is 0.271 e. The summed E-state index contributed by atoms with van der Waals surface area (Å²) < 4.78 is 0. The lowest BCUT2D eigenvalue weighted by molar-refractivity contribution is -0.129. The molecule has 0 aromatic carbocycles. The summed E-state index contributed by atoms with van der Waals surface area (Å²) in [6.07, 6.45) is 4.65. The lowest BCUT2D eigenvalue weighted by Crippen LogP contribution is -2.56. The van der Waals surface area contributed by atoms with E-state index >= 15 is 0 Å². The molecule has 2 aromatic rings. The largest absolute Gasteiger partial charge is 0.388 e. The number of hydrogen-bond donors (Lipinski definition) is 3. The highest BCUT2D eigenvalue weighted by Crippen LogP contribution is 2.21. The number of aromatic amines is 1. The van der Waals surface area contributed by atoms with Crippen LogP contribution >= 0.6 is 0 Å². The fraction of sp³-hybridized carbons (Fsp3) is 0.235. The molecule has 0 bridgehead atoms. The van der Waals surface area contributed by atoms with Crippen LogP contribution in [0, 0.1) is 0 Å². The molecule has 0 saturated carbocycles. The van der Waals surface area contributed by atoms with E-state index < -0.39 is 0 Å². The minimum atomic E-state index is -0.197. The minimum absolute atomic E-state index is 0.0573. The van der Waals surface area contributed by atoms with Gasteiger partial charge >= 0.3 is 0 Å². The van der Waals surface area contributed by atoms with Gasteiger partial charge in [0.15, 0.2) is 0 Å². The number of nitrogens with zero attached hydrogens (tertiary/aromatic N) is 2. The van der Waals surface area contributed by atoms with Crippen molar-refractivity contribution in [3.05, 3.63) is 53.6 Å². The van der Waals surface area contributed by atoms with Crippen LogP contribution in [0.1, 0.15) is 0 Å². The molecule has 0 atom stereocenters. The summed E-state index contributed by atoms with van der Waals surface area (Å²) in [6, 6.07) is 5.61. The first-order valence-electron chi connectivity index (χ1n) is 7.65. The highest BCUT2D eigenvalue weighted by Gasteiger charge is 2.29. The number of rotatable bonds is 5. The minimum Gasteiger partial charge on any atom is -0.388 e. The van der Waals surface area contributed by atoms with Gasteiger partial charge in [0.05, 0.1) is 11.7 Å². The van der Waals surface area contributed by atoms with Crippen molar-refractivity contribution in [3.63, 3.8) is 0 Å². The fourth-order valence-corrected chi connectivity index (χ4v) is 2.58. The van der Waals surface area contributed by atoms with Crippen LogP contribution in [-0.2, 0) is 4.79 Å². The smallest absolute Gasteiger partial charge is 0.271 e. The number of anilines is 2. The zero-order valence-electron chi connectivity index (χ0n) is 13.4. The van der Waals surface area contributed by atoms with Crippen molar-refractivity contribution < 1.29 is 4.79 Å². The van der Waals surface area contributed by atoms with Crippen molar-refractivity contribution in [3.8, 4) is 11.3 Å². The molecule has 0 spiro atoms. The van der Waals surface area contributed by atoms with Gasteiger partial charge in [-0.3, -0.25) is 14.6 Å². The number of likely N-dealkylation sites (tertiary alicyclic amines) is 1. The van der Waals surface area contributed by atoms with Crippen LogP contribution in [0.15, 0.2) is 48.0 Å². The molecule has 1 fully saturated rings. The molecule has 1 amide bonds. The van der Waals surface area contributed by atoms with Crippen molar-refractivity contribution in [1.82, 2.24) is 14.9 Å². The zero-order chi connectivity index (χ0) is 17.1. The summed E-state index contributed by atoms with van der Waals surface area (Å²) in [7, 11) is 1.84. The first kappa shape index (κ1) is 15.8. The average molecular weight is 325 g/mol. The predicted octanol–water partition coefficient (Wildman–Crippen LogP) is 1.29. The molecule has 124 valence electrons. The molecule has 7 heteroatoms. The molecule has 1 aliphatic rings. The van der Waals surface area contributed by atoms with E-state index in [0.29, 0.717) is 18.8 Å². The van der Waals surface area contributed by atoms with Crippen LogP contribution < -0.4 is 16.2 Å². The topological polar surface area (TPSA) is 90.1 Å². The summed E-state index contributed by atoms with van der Waals surface area (Å²) in [5.74, 6) is -0.0937. The summed E-state index contributed by atoms with van der Waals surface area (Å²) in [5, 5.41) is 6.24. The maximum atomic E-state index is 12.0. The number of pyridine rings is 2. The van der Waals surface area contributed by atoms with Crippen molar-refractivity contribution >= 4 is 17.3 Å². The highest BCUT2D eigenvalue weighted by atomic mass is 16.2. The second-order valence-corrected chi connectivity index (χ2v) is 5.60. The molecule has 2 aromatic heterocycles. The molecule has 7 nitrogen and oxygen atoms in total. The van der Waals surface area contributed by atoms with Gasteiger partial charge in [0.25, 0.3) is 5.56 Å². The first-order valence-corrected chi connectivity index (χ1v) is 7.65. The van der Waals surface area contributed by atoms with Crippen LogP contribution in [0.25, 0.3) is 11.3 Å². The third-order valence-electron chi connectivity index (χ3n) is 3.98. The number of nitrogens with one attached hydrogen (secondary N) is 3. The van der Waals surface area contributed by atoms with E-state index in [1.54, 1.807) is 23.4 Å². The third kappa shape index (κ3) is 3.15. The Hall–Kier alpha value is -3.09. The normalized spacial score (nSPS) is 14.0. The van der Waals surface area contributed by atoms with E-state index in [-0.39, 0.29) is 17.5 Å². The number of hydrogen-bond acceptors (Lipinski definition) is 5. The number of carbonyl (C=O) groups is 1.